The van der Waals surface area contributed by atoms with Crippen LogP contribution in [0.3, 0.4) is 0 Å². The summed E-state index contributed by atoms with van der Waals surface area (Å²) in [5, 5.41) is 21.0. The number of hydrogen-bond acceptors (Lipinski definition) is 3. The zero-order chi connectivity index (χ0) is 15.1. The molecule has 0 unspecified atom stereocenters. The number of benzene rings is 1. The maximum absolute atomic E-state index is 12.5. The summed E-state index contributed by atoms with van der Waals surface area (Å²) >= 11 is 5.94. The number of hydrogen-bond donors (Lipinski definition) is 3. The van der Waals surface area contributed by atoms with Crippen LogP contribution in [-0.4, -0.2) is 51.3 Å². The molecule has 112 valence electrons. The molecular formula is C15H17ClN2O3. The molecule has 0 radical (unpaired) electrons. The molecule has 6 heteroatoms. The second kappa shape index (κ2) is 5.33. The van der Waals surface area contributed by atoms with E-state index >= 15 is 0 Å². The average Bonchev–Trinajstić information content (AvgIpc) is 3.01. The number of aliphatic hydroxyl groups excluding tert-OH is 2. The number of aliphatic hydroxyl groups is 2. The predicted molar refractivity (Wildman–Crippen MR) is 80.4 cm³/mol. The number of amides is 1. The molecule has 3 atom stereocenters. The Kier molecular flexibility index (Phi) is 3.65. The monoisotopic (exact) mass is 308 g/mol. The van der Waals surface area contributed by atoms with Gasteiger partial charge in [0.15, 0.2) is 0 Å². The minimum atomic E-state index is -0.891. The van der Waals surface area contributed by atoms with Crippen molar-refractivity contribution in [1.82, 2.24) is 9.88 Å². The average molecular weight is 309 g/mol. The second-order valence-electron chi connectivity index (χ2n) is 5.53. The van der Waals surface area contributed by atoms with Crippen molar-refractivity contribution in [3.05, 3.63) is 35.0 Å². The Hall–Kier alpha value is -1.56. The van der Waals surface area contributed by atoms with Gasteiger partial charge in [-0.1, -0.05) is 11.6 Å². The zero-order valence-electron chi connectivity index (χ0n) is 11.6. The Balaban J connectivity index is 1.86. The van der Waals surface area contributed by atoms with Crippen LogP contribution in [0.5, 0.6) is 0 Å². The topological polar surface area (TPSA) is 76.6 Å². The lowest BCUT2D eigenvalue weighted by molar-refractivity contribution is 0.00645. The minimum Gasteiger partial charge on any atom is -0.390 e. The molecule has 1 aromatic carbocycles. The summed E-state index contributed by atoms with van der Waals surface area (Å²) in [5.41, 5.74) is 1.28. The van der Waals surface area contributed by atoms with Crippen molar-refractivity contribution < 1.29 is 15.0 Å². The number of H-pyrrole nitrogens is 1. The number of nitrogens with one attached hydrogen (secondary N) is 1. The molecule has 1 saturated carbocycles. The Labute approximate surface area is 127 Å². The van der Waals surface area contributed by atoms with E-state index in [0.29, 0.717) is 23.6 Å². The molecule has 0 aliphatic heterocycles. The molecule has 1 aliphatic rings. The first-order valence-corrected chi connectivity index (χ1v) is 7.27. The first kappa shape index (κ1) is 14.4. The number of aromatic nitrogens is 1. The van der Waals surface area contributed by atoms with Crippen molar-refractivity contribution in [1.29, 1.82) is 0 Å². The molecule has 1 heterocycles. The van der Waals surface area contributed by atoms with E-state index in [9.17, 15) is 15.0 Å². The van der Waals surface area contributed by atoms with Crippen LogP contribution in [0.4, 0.5) is 0 Å². The summed E-state index contributed by atoms with van der Waals surface area (Å²) in [6.07, 6.45) is -0.549. The van der Waals surface area contributed by atoms with Gasteiger partial charge in [0.1, 0.15) is 11.8 Å². The van der Waals surface area contributed by atoms with Crippen LogP contribution < -0.4 is 0 Å². The summed E-state index contributed by atoms with van der Waals surface area (Å²) in [4.78, 5) is 17.1. The summed E-state index contributed by atoms with van der Waals surface area (Å²) in [7, 11) is 1.65. The van der Waals surface area contributed by atoms with Gasteiger partial charge in [-0.3, -0.25) is 4.79 Å². The Morgan fingerprint density at radius 2 is 2.10 bits per heavy atom. The summed E-state index contributed by atoms with van der Waals surface area (Å²) in [5.74, 6) is -0.208. The third-order valence-electron chi connectivity index (χ3n) is 4.18. The third kappa shape index (κ3) is 2.52. The Morgan fingerprint density at radius 3 is 2.76 bits per heavy atom. The number of carbonyl (C=O) groups is 1. The van der Waals surface area contributed by atoms with Gasteiger partial charge in [-0.25, -0.2) is 0 Å². The van der Waals surface area contributed by atoms with Gasteiger partial charge < -0.3 is 20.1 Å². The number of fused-ring (bicyclic) bond motifs is 1. The van der Waals surface area contributed by atoms with Crippen LogP contribution in [0.15, 0.2) is 24.3 Å². The number of nitrogens with zero attached hydrogens (tertiary/aromatic N) is 1. The van der Waals surface area contributed by atoms with Crippen molar-refractivity contribution in [2.24, 2.45) is 0 Å². The normalized spacial score (nSPS) is 25.4. The number of carbonyl (C=O) groups excluding carboxylic acids is 1. The number of aromatic amines is 1. The van der Waals surface area contributed by atoms with Crippen LogP contribution in [0, 0.1) is 0 Å². The van der Waals surface area contributed by atoms with Crippen LogP contribution in [-0.2, 0) is 0 Å². The highest BCUT2D eigenvalue weighted by molar-refractivity contribution is 6.31. The van der Waals surface area contributed by atoms with Gasteiger partial charge in [-0.05, 0) is 37.1 Å². The molecule has 0 bridgehead atoms. The molecule has 1 fully saturated rings. The largest absolute Gasteiger partial charge is 0.390 e. The lowest BCUT2D eigenvalue weighted by Gasteiger charge is -2.27. The highest BCUT2D eigenvalue weighted by Crippen LogP contribution is 2.26. The van der Waals surface area contributed by atoms with Crippen LogP contribution in [0.2, 0.25) is 5.02 Å². The first-order chi connectivity index (χ1) is 9.97. The highest BCUT2D eigenvalue weighted by Gasteiger charge is 2.38. The Morgan fingerprint density at radius 1 is 1.33 bits per heavy atom. The lowest BCUT2D eigenvalue weighted by Crippen LogP contribution is -2.44. The minimum absolute atomic E-state index is 0.208. The molecule has 0 spiro atoms. The van der Waals surface area contributed by atoms with Gasteiger partial charge >= 0.3 is 0 Å². The first-order valence-electron chi connectivity index (χ1n) is 6.89. The van der Waals surface area contributed by atoms with E-state index in [1.165, 1.54) is 4.90 Å². The molecule has 3 N–H and O–H groups in total. The van der Waals surface area contributed by atoms with Gasteiger partial charge in [0.25, 0.3) is 5.91 Å². The predicted octanol–water partition coefficient (Wildman–Crippen LogP) is 1.78. The SMILES string of the molecule is CN(C(=O)c1cc2cc(Cl)ccc2[nH]1)[C@@H]1CC[C@@H](O)[C@@H]1O. The van der Waals surface area contributed by atoms with Crippen molar-refractivity contribution >= 4 is 28.4 Å². The summed E-state index contributed by atoms with van der Waals surface area (Å²) in [6.45, 7) is 0. The zero-order valence-corrected chi connectivity index (χ0v) is 12.3. The van der Waals surface area contributed by atoms with E-state index in [2.05, 4.69) is 4.98 Å². The fourth-order valence-electron chi connectivity index (χ4n) is 2.92. The molecule has 2 aromatic rings. The molecule has 0 saturated heterocycles. The molecule has 1 aromatic heterocycles. The molecule has 1 aliphatic carbocycles. The van der Waals surface area contributed by atoms with E-state index in [1.54, 1.807) is 25.2 Å². The smallest absolute Gasteiger partial charge is 0.270 e. The summed E-state index contributed by atoms with van der Waals surface area (Å²) < 4.78 is 0. The molecular weight excluding hydrogens is 292 g/mol. The second-order valence-corrected chi connectivity index (χ2v) is 5.97. The van der Waals surface area contributed by atoms with E-state index in [0.717, 1.165) is 10.9 Å². The molecule has 3 rings (SSSR count). The standard InChI is InChI=1S/C15H17ClN2O3/c1-18(12-4-5-13(19)14(12)20)15(21)11-7-8-6-9(16)2-3-10(8)17-11/h2-3,6-7,12-14,17,19-20H,4-5H2,1H3/t12-,13-,14-/m1/s1. The fraction of sp³-hybridized carbons (Fsp3) is 0.400. The maximum Gasteiger partial charge on any atom is 0.270 e. The van der Waals surface area contributed by atoms with Crippen molar-refractivity contribution in [3.8, 4) is 0 Å². The van der Waals surface area contributed by atoms with E-state index in [-0.39, 0.29) is 11.9 Å². The highest BCUT2D eigenvalue weighted by atomic mass is 35.5. The quantitative estimate of drug-likeness (QED) is 0.791. The van der Waals surface area contributed by atoms with Crippen molar-refractivity contribution in [3.63, 3.8) is 0 Å². The fourth-order valence-corrected chi connectivity index (χ4v) is 3.10. The number of likely N-dealkylation sites (N-methyl/N-ethyl adjacent to an activating group) is 1. The van der Waals surface area contributed by atoms with Gasteiger partial charge in [0.2, 0.25) is 0 Å². The maximum atomic E-state index is 12.5. The van der Waals surface area contributed by atoms with Gasteiger partial charge in [-0.15, -0.1) is 0 Å². The van der Waals surface area contributed by atoms with E-state index in [4.69, 9.17) is 11.6 Å². The van der Waals surface area contributed by atoms with Crippen LogP contribution >= 0.6 is 11.6 Å². The lowest BCUT2D eigenvalue weighted by atomic mass is 10.1. The van der Waals surface area contributed by atoms with E-state index < -0.39 is 12.2 Å². The van der Waals surface area contributed by atoms with Crippen LogP contribution in [0.25, 0.3) is 10.9 Å². The Bertz CT molecular complexity index is 685. The third-order valence-corrected chi connectivity index (χ3v) is 4.41. The number of rotatable bonds is 2. The van der Waals surface area contributed by atoms with E-state index in [1.807, 2.05) is 6.07 Å². The van der Waals surface area contributed by atoms with Crippen molar-refractivity contribution in [2.75, 3.05) is 7.05 Å². The number of halogens is 1. The molecule has 5 nitrogen and oxygen atoms in total. The van der Waals surface area contributed by atoms with Gasteiger partial charge in [0, 0.05) is 23.0 Å². The molecule has 21 heavy (non-hydrogen) atoms. The van der Waals surface area contributed by atoms with Gasteiger partial charge in [0.05, 0.1) is 12.1 Å². The van der Waals surface area contributed by atoms with Crippen molar-refractivity contribution in [2.45, 2.75) is 31.1 Å². The molecule has 1 amide bonds. The summed E-state index contributed by atoms with van der Waals surface area (Å²) in [6, 6.07) is 6.76. The van der Waals surface area contributed by atoms with Gasteiger partial charge in [-0.2, -0.15) is 0 Å². The van der Waals surface area contributed by atoms with Crippen LogP contribution in [0.1, 0.15) is 23.3 Å².